The maximum absolute atomic E-state index is 11.3. The largest absolute Gasteiger partial charge is 0.370 e. The molecule has 0 unspecified atom stereocenters. The molecule has 0 atom stereocenters. The van der Waals surface area contributed by atoms with Gasteiger partial charge in [-0.1, -0.05) is 13.8 Å². The second-order valence-corrected chi connectivity index (χ2v) is 5.84. The van der Waals surface area contributed by atoms with E-state index in [0.29, 0.717) is 5.92 Å². The third-order valence-corrected chi connectivity index (χ3v) is 3.68. The van der Waals surface area contributed by atoms with Crippen molar-refractivity contribution in [2.75, 3.05) is 42.9 Å². The van der Waals surface area contributed by atoms with Crippen molar-refractivity contribution in [1.29, 1.82) is 0 Å². The highest BCUT2D eigenvalue weighted by atomic mass is 16.2. The van der Waals surface area contributed by atoms with Crippen LogP contribution in [0.25, 0.3) is 0 Å². The number of hydrogen-bond donors (Lipinski definition) is 1. The quantitative estimate of drug-likeness (QED) is 0.893. The third kappa shape index (κ3) is 4.58. The predicted octanol–water partition coefficient (Wildman–Crippen LogP) is 1.60. The fraction of sp³-hybridized carbons (Fsp3) is 0.667. The van der Waals surface area contributed by atoms with Gasteiger partial charge in [0.25, 0.3) is 0 Å². The molecule has 0 aliphatic carbocycles. The zero-order valence-corrected chi connectivity index (χ0v) is 13.2. The van der Waals surface area contributed by atoms with Crippen LogP contribution in [-0.2, 0) is 4.79 Å². The molecule has 1 saturated heterocycles. The Morgan fingerprint density at radius 1 is 1.33 bits per heavy atom. The highest BCUT2D eigenvalue weighted by Gasteiger charge is 2.20. The van der Waals surface area contributed by atoms with Crippen molar-refractivity contribution in [3.05, 3.63) is 12.3 Å². The smallest absolute Gasteiger partial charge is 0.227 e. The minimum Gasteiger partial charge on any atom is -0.370 e. The number of piperazine rings is 1. The molecular formula is C15H25N5O. The molecule has 21 heavy (non-hydrogen) atoms. The molecule has 2 heterocycles. The van der Waals surface area contributed by atoms with Gasteiger partial charge in [-0.25, -0.2) is 4.98 Å². The molecule has 1 aliphatic rings. The summed E-state index contributed by atoms with van der Waals surface area (Å²) in [6.07, 6.45) is 2.91. The molecule has 0 radical (unpaired) electrons. The second kappa shape index (κ2) is 7.24. The summed E-state index contributed by atoms with van der Waals surface area (Å²) in [5.41, 5.74) is 0. The van der Waals surface area contributed by atoms with Crippen molar-refractivity contribution >= 4 is 17.7 Å². The summed E-state index contributed by atoms with van der Waals surface area (Å²) in [6, 6.07) is 1.90. The lowest BCUT2D eigenvalue weighted by molar-refractivity contribution is -0.129. The van der Waals surface area contributed by atoms with Gasteiger partial charge in [-0.3, -0.25) is 4.79 Å². The van der Waals surface area contributed by atoms with E-state index in [1.54, 1.807) is 13.1 Å². The van der Waals surface area contributed by atoms with Crippen molar-refractivity contribution in [2.24, 2.45) is 5.92 Å². The summed E-state index contributed by atoms with van der Waals surface area (Å²) in [7, 11) is 0. The molecule has 1 aromatic heterocycles. The van der Waals surface area contributed by atoms with Gasteiger partial charge in [0.05, 0.1) is 0 Å². The van der Waals surface area contributed by atoms with Crippen molar-refractivity contribution < 1.29 is 4.79 Å². The number of rotatable bonds is 5. The number of carbonyl (C=O) groups is 1. The van der Waals surface area contributed by atoms with Crippen LogP contribution in [0.3, 0.4) is 0 Å². The first kappa shape index (κ1) is 15.5. The van der Waals surface area contributed by atoms with E-state index in [1.165, 1.54) is 0 Å². The lowest BCUT2D eigenvalue weighted by Crippen LogP contribution is -2.48. The molecule has 116 valence electrons. The van der Waals surface area contributed by atoms with E-state index in [-0.39, 0.29) is 5.91 Å². The number of hydrogen-bond acceptors (Lipinski definition) is 5. The molecule has 1 N–H and O–H groups in total. The Morgan fingerprint density at radius 2 is 2.05 bits per heavy atom. The van der Waals surface area contributed by atoms with E-state index < -0.39 is 0 Å². The highest BCUT2D eigenvalue weighted by Crippen LogP contribution is 2.14. The van der Waals surface area contributed by atoms with Crippen LogP contribution < -0.4 is 10.2 Å². The zero-order chi connectivity index (χ0) is 15.2. The van der Waals surface area contributed by atoms with E-state index >= 15 is 0 Å². The molecule has 0 saturated carbocycles. The molecule has 6 heteroatoms. The van der Waals surface area contributed by atoms with Crippen LogP contribution in [0.5, 0.6) is 0 Å². The van der Waals surface area contributed by atoms with Crippen molar-refractivity contribution in [3.63, 3.8) is 0 Å². The Morgan fingerprint density at radius 3 is 2.67 bits per heavy atom. The van der Waals surface area contributed by atoms with Gasteiger partial charge in [0, 0.05) is 45.8 Å². The van der Waals surface area contributed by atoms with Crippen LogP contribution in [0.15, 0.2) is 12.3 Å². The minimum absolute atomic E-state index is 0.139. The SMILES string of the molecule is CC(=O)N1CCN(c2nccc(NCCC(C)C)n2)CC1. The monoisotopic (exact) mass is 291 g/mol. The van der Waals surface area contributed by atoms with Crippen LogP contribution >= 0.6 is 0 Å². The first-order valence-electron chi connectivity index (χ1n) is 7.63. The molecule has 1 aliphatic heterocycles. The molecule has 6 nitrogen and oxygen atoms in total. The van der Waals surface area contributed by atoms with Gasteiger partial charge in [-0.2, -0.15) is 4.98 Å². The lowest BCUT2D eigenvalue weighted by Gasteiger charge is -2.34. The van der Waals surface area contributed by atoms with E-state index in [2.05, 4.69) is 34.0 Å². The zero-order valence-electron chi connectivity index (χ0n) is 13.2. The minimum atomic E-state index is 0.139. The molecule has 1 fully saturated rings. The van der Waals surface area contributed by atoms with Crippen molar-refractivity contribution in [2.45, 2.75) is 27.2 Å². The van der Waals surface area contributed by atoms with Crippen LogP contribution in [0, 0.1) is 5.92 Å². The van der Waals surface area contributed by atoms with Crippen LogP contribution in [0.2, 0.25) is 0 Å². The van der Waals surface area contributed by atoms with Crippen LogP contribution in [0.4, 0.5) is 11.8 Å². The summed E-state index contributed by atoms with van der Waals surface area (Å²) in [5, 5.41) is 3.34. The molecule has 1 amide bonds. The van der Waals surface area contributed by atoms with Crippen LogP contribution in [-0.4, -0.2) is 53.5 Å². The molecule has 0 aromatic carbocycles. The van der Waals surface area contributed by atoms with E-state index in [9.17, 15) is 4.79 Å². The van der Waals surface area contributed by atoms with Crippen LogP contribution in [0.1, 0.15) is 27.2 Å². The summed E-state index contributed by atoms with van der Waals surface area (Å²) >= 11 is 0. The molecule has 0 bridgehead atoms. The van der Waals surface area contributed by atoms with E-state index in [1.807, 2.05) is 11.0 Å². The van der Waals surface area contributed by atoms with Crippen molar-refractivity contribution in [3.8, 4) is 0 Å². The standard InChI is InChI=1S/C15H25N5O/c1-12(2)4-6-16-14-5-7-17-15(18-14)20-10-8-19(9-11-20)13(3)21/h5,7,12H,4,6,8-11H2,1-3H3,(H,16,17,18). The first-order chi connectivity index (χ1) is 10.1. The van der Waals surface area contributed by atoms with Crippen molar-refractivity contribution in [1.82, 2.24) is 14.9 Å². The Labute approximate surface area is 126 Å². The van der Waals surface area contributed by atoms with Gasteiger partial charge >= 0.3 is 0 Å². The fourth-order valence-electron chi connectivity index (χ4n) is 2.31. The molecular weight excluding hydrogens is 266 g/mol. The molecule has 1 aromatic rings. The number of carbonyl (C=O) groups excluding carboxylic acids is 1. The number of nitrogens with zero attached hydrogens (tertiary/aromatic N) is 4. The van der Waals surface area contributed by atoms with Gasteiger partial charge in [0.2, 0.25) is 11.9 Å². The first-order valence-corrected chi connectivity index (χ1v) is 7.63. The number of amides is 1. The van der Waals surface area contributed by atoms with Gasteiger partial charge < -0.3 is 15.1 Å². The maximum atomic E-state index is 11.3. The molecule has 0 spiro atoms. The summed E-state index contributed by atoms with van der Waals surface area (Å²) in [4.78, 5) is 24.2. The topological polar surface area (TPSA) is 61.4 Å². The van der Waals surface area contributed by atoms with E-state index in [4.69, 9.17) is 0 Å². The number of aromatic nitrogens is 2. The summed E-state index contributed by atoms with van der Waals surface area (Å²) in [6.45, 7) is 10.0. The predicted molar refractivity (Wildman–Crippen MR) is 84.4 cm³/mol. The average Bonchev–Trinajstić information content (AvgIpc) is 2.47. The highest BCUT2D eigenvalue weighted by molar-refractivity contribution is 5.73. The maximum Gasteiger partial charge on any atom is 0.227 e. The second-order valence-electron chi connectivity index (χ2n) is 5.84. The summed E-state index contributed by atoms with van der Waals surface area (Å²) < 4.78 is 0. The third-order valence-electron chi connectivity index (χ3n) is 3.68. The lowest BCUT2D eigenvalue weighted by atomic mass is 10.1. The van der Waals surface area contributed by atoms with Gasteiger partial charge in [0.15, 0.2) is 0 Å². The van der Waals surface area contributed by atoms with Gasteiger partial charge in [-0.15, -0.1) is 0 Å². The Balaban J connectivity index is 1.90. The Kier molecular flexibility index (Phi) is 5.36. The van der Waals surface area contributed by atoms with Gasteiger partial charge in [0.1, 0.15) is 5.82 Å². The normalized spacial score (nSPS) is 15.4. The van der Waals surface area contributed by atoms with Gasteiger partial charge in [-0.05, 0) is 18.4 Å². The Bertz CT molecular complexity index is 469. The summed E-state index contributed by atoms with van der Waals surface area (Å²) in [5.74, 6) is 2.43. The number of nitrogens with one attached hydrogen (secondary N) is 1. The van der Waals surface area contributed by atoms with E-state index in [0.717, 1.165) is 50.9 Å². The average molecular weight is 291 g/mol. The fourth-order valence-corrected chi connectivity index (χ4v) is 2.31. The number of anilines is 2. The Hall–Kier alpha value is -1.85. The molecule has 2 rings (SSSR count).